The van der Waals surface area contributed by atoms with E-state index in [0.29, 0.717) is 33.9 Å². The average Bonchev–Trinajstić information content (AvgIpc) is 3.14. The molecule has 0 spiro atoms. The van der Waals surface area contributed by atoms with Gasteiger partial charge in [0.25, 0.3) is 6.01 Å². The Hall–Kier alpha value is -1.46. The van der Waals surface area contributed by atoms with Gasteiger partial charge in [0.15, 0.2) is 5.58 Å². The van der Waals surface area contributed by atoms with E-state index in [2.05, 4.69) is 30.2 Å². The molecule has 1 aliphatic heterocycles. The van der Waals surface area contributed by atoms with Crippen LogP contribution in [0.15, 0.2) is 46.9 Å². The first-order chi connectivity index (χ1) is 14.5. The maximum atomic E-state index is 6.18. The molecule has 2 heterocycles. The number of fused-ring (bicyclic) bond motifs is 1. The van der Waals surface area contributed by atoms with Crippen LogP contribution in [0.2, 0.25) is 10.0 Å². The number of aromatic nitrogens is 1. The van der Waals surface area contributed by atoms with Crippen molar-refractivity contribution < 1.29 is 21.7 Å². The number of quaternary nitrogens is 1. The minimum absolute atomic E-state index is 0. The third-order valence-electron chi connectivity index (χ3n) is 6.24. The van der Waals surface area contributed by atoms with Gasteiger partial charge in [-0.3, -0.25) is 0 Å². The lowest BCUT2D eigenvalue weighted by Gasteiger charge is -2.33. The highest BCUT2D eigenvalue weighted by molar-refractivity contribution is 6.42. The molecule has 31 heavy (non-hydrogen) atoms. The molecule has 168 valence electrons. The SMILES string of the molecule is CC(C)C(C[NH+]1CCC(Cc2ccc(Cl)c(Cl)c2)CC1)Nc1nc2ccccc2o1.[Cl-]. The summed E-state index contributed by atoms with van der Waals surface area (Å²) in [5.74, 6) is 1.22. The summed E-state index contributed by atoms with van der Waals surface area (Å²) < 4.78 is 5.89. The molecule has 1 saturated heterocycles. The second-order valence-corrected chi connectivity index (χ2v) is 9.65. The van der Waals surface area contributed by atoms with E-state index in [9.17, 15) is 0 Å². The van der Waals surface area contributed by atoms with Gasteiger partial charge in [0.1, 0.15) is 5.52 Å². The summed E-state index contributed by atoms with van der Waals surface area (Å²) in [4.78, 5) is 6.25. The number of halogens is 3. The van der Waals surface area contributed by atoms with E-state index in [1.54, 1.807) is 4.90 Å². The number of anilines is 1. The van der Waals surface area contributed by atoms with Crippen LogP contribution in [0.25, 0.3) is 11.1 Å². The number of likely N-dealkylation sites (tertiary alicyclic amines) is 1. The van der Waals surface area contributed by atoms with Gasteiger partial charge in [0, 0.05) is 0 Å². The Morgan fingerprint density at radius 3 is 2.52 bits per heavy atom. The van der Waals surface area contributed by atoms with Crippen molar-refractivity contribution >= 4 is 40.3 Å². The van der Waals surface area contributed by atoms with E-state index in [1.807, 2.05) is 36.4 Å². The summed E-state index contributed by atoms with van der Waals surface area (Å²) in [6, 6.07) is 14.9. The molecule has 1 aliphatic rings. The third kappa shape index (κ3) is 6.29. The first kappa shape index (κ1) is 24.2. The highest BCUT2D eigenvalue weighted by Crippen LogP contribution is 2.25. The topological polar surface area (TPSA) is 42.5 Å². The summed E-state index contributed by atoms with van der Waals surface area (Å²) >= 11 is 12.2. The highest BCUT2D eigenvalue weighted by Gasteiger charge is 2.27. The van der Waals surface area contributed by atoms with E-state index in [4.69, 9.17) is 27.6 Å². The zero-order chi connectivity index (χ0) is 21.1. The second kappa shape index (κ2) is 10.9. The quantitative estimate of drug-likeness (QED) is 0.542. The Morgan fingerprint density at radius 1 is 1.10 bits per heavy atom. The predicted octanol–water partition coefficient (Wildman–Crippen LogP) is 2.11. The van der Waals surface area contributed by atoms with E-state index in [-0.39, 0.29) is 12.4 Å². The average molecular weight is 483 g/mol. The lowest BCUT2D eigenvalue weighted by atomic mass is 9.89. The van der Waals surface area contributed by atoms with Gasteiger partial charge in [0.05, 0.1) is 35.7 Å². The molecule has 0 amide bonds. The number of benzene rings is 2. The van der Waals surface area contributed by atoms with Crippen molar-refractivity contribution in [1.82, 2.24) is 4.98 Å². The summed E-state index contributed by atoms with van der Waals surface area (Å²) in [7, 11) is 0. The van der Waals surface area contributed by atoms with Crippen LogP contribution in [-0.2, 0) is 6.42 Å². The molecular formula is C24H30Cl3N3O. The smallest absolute Gasteiger partial charge is 0.296 e. The molecule has 3 aromatic rings. The molecule has 4 rings (SSSR count). The molecule has 1 unspecified atom stereocenters. The van der Waals surface area contributed by atoms with Crippen LogP contribution in [-0.4, -0.2) is 30.7 Å². The molecule has 1 fully saturated rings. The van der Waals surface area contributed by atoms with Crippen LogP contribution in [0.4, 0.5) is 6.01 Å². The van der Waals surface area contributed by atoms with Gasteiger partial charge >= 0.3 is 0 Å². The summed E-state index contributed by atoms with van der Waals surface area (Å²) in [5.41, 5.74) is 3.02. The first-order valence-corrected chi connectivity index (χ1v) is 11.6. The fourth-order valence-electron chi connectivity index (χ4n) is 4.35. The van der Waals surface area contributed by atoms with Crippen molar-refractivity contribution in [3.05, 3.63) is 58.1 Å². The summed E-state index contributed by atoms with van der Waals surface area (Å²) in [5, 5.41) is 4.84. The summed E-state index contributed by atoms with van der Waals surface area (Å²) in [6.45, 7) is 8.00. The van der Waals surface area contributed by atoms with Crippen molar-refractivity contribution in [2.45, 2.75) is 39.2 Å². The number of hydrogen-bond donors (Lipinski definition) is 2. The van der Waals surface area contributed by atoms with E-state index in [0.717, 1.165) is 24.1 Å². The van der Waals surface area contributed by atoms with Crippen LogP contribution in [0.3, 0.4) is 0 Å². The van der Waals surface area contributed by atoms with Crippen LogP contribution in [0.1, 0.15) is 32.3 Å². The fourth-order valence-corrected chi connectivity index (χ4v) is 4.67. The van der Waals surface area contributed by atoms with Crippen molar-refractivity contribution in [2.75, 3.05) is 25.0 Å². The second-order valence-electron chi connectivity index (χ2n) is 8.83. The van der Waals surface area contributed by atoms with Crippen molar-refractivity contribution in [3.8, 4) is 0 Å². The molecule has 1 atom stereocenters. The third-order valence-corrected chi connectivity index (χ3v) is 6.98. The fraction of sp³-hybridized carbons (Fsp3) is 0.458. The monoisotopic (exact) mass is 481 g/mol. The highest BCUT2D eigenvalue weighted by atomic mass is 35.5. The molecular weight excluding hydrogens is 453 g/mol. The Bertz CT molecular complexity index is 950. The lowest BCUT2D eigenvalue weighted by Crippen LogP contribution is -3.14. The minimum atomic E-state index is 0. The van der Waals surface area contributed by atoms with Crippen LogP contribution in [0.5, 0.6) is 0 Å². The predicted molar refractivity (Wildman–Crippen MR) is 125 cm³/mol. The van der Waals surface area contributed by atoms with Crippen LogP contribution in [0, 0.1) is 11.8 Å². The van der Waals surface area contributed by atoms with Gasteiger partial charge in [-0.2, -0.15) is 4.98 Å². The van der Waals surface area contributed by atoms with Crippen LogP contribution >= 0.6 is 23.2 Å². The zero-order valence-electron chi connectivity index (χ0n) is 18.0. The number of nitrogens with one attached hydrogen (secondary N) is 2. The number of hydrogen-bond acceptors (Lipinski definition) is 3. The van der Waals surface area contributed by atoms with Crippen molar-refractivity contribution in [1.29, 1.82) is 0 Å². The number of nitrogens with zero attached hydrogens (tertiary/aromatic N) is 1. The van der Waals surface area contributed by atoms with Gasteiger partial charge in [-0.25, -0.2) is 0 Å². The standard InChI is InChI=1S/C24H29Cl2N3O.ClH/c1-16(2)22(28-24-27-21-5-3-4-6-23(21)30-24)15-29-11-9-17(10-12-29)13-18-7-8-19(25)20(26)14-18;/h3-8,14,16-17,22H,9-13,15H2,1-2H3,(H,27,28);1H. The Labute approximate surface area is 200 Å². The first-order valence-electron chi connectivity index (χ1n) is 10.9. The molecule has 0 radical (unpaired) electrons. The molecule has 0 aliphatic carbocycles. The summed E-state index contributed by atoms with van der Waals surface area (Å²) in [6.07, 6.45) is 3.56. The van der Waals surface area contributed by atoms with Gasteiger partial charge in [0.2, 0.25) is 0 Å². The molecule has 0 bridgehead atoms. The zero-order valence-corrected chi connectivity index (χ0v) is 20.3. The van der Waals surface area contributed by atoms with E-state index < -0.39 is 0 Å². The molecule has 0 saturated carbocycles. The number of piperidine rings is 1. The Kier molecular flexibility index (Phi) is 8.51. The molecule has 2 N–H and O–H groups in total. The molecule has 7 heteroatoms. The minimum Gasteiger partial charge on any atom is -1.00 e. The Morgan fingerprint density at radius 2 is 1.84 bits per heavy atom. The van der Waals surface area contributed by atoms with Crippen molar-refractivity contribution in [3.63, 3.8) is 0 Å². The van der Waals surface area contributed by atoms with Gasteiger partial charge in [-0.15, -0.1) is 0 Å². The van der Waals surface area contributed by atoms with E-state index in [1.165, 1.54) is 31.5 Å². The van der Waals surface area contributed by atoms with Gasteiger partial charge in [-0.05, 0) is 60.9 Å². The normalized spacial score (nSPS) is 19.9. The molecule has 1 aromatic heterocycles. The lowest BCUT2D eigenvalue weighted by molar-refractivity contribution is -0.907. The van der Waals surface area contributed by atoms with Gasteiger partial charge < -0.3 is 27.0 Å². The van der Waals surface area contributed by atoms with Crippen LogP contribution < -0.4 is 22.6 Å². The Balaban J connectivity index is 0.00000272. The van der Waals surface area contributed by atoms with E-state index >= 15 is 0 Å². The number of para-hydroxylation sites is 2. The number of oxazole rings is 1. The molecule has 4 nitrogen and oxygen atoms in total. The van der Waals surface area contributed by atoms with Crippen molar-refractivity contribution in [2.24, 2.45) is 11.8 Å². The van der Waals surface area contributed by atoms with Gasteiger partial charge in [-0.1, -0.05) is 55.2 Å². The molecule has 2 aromatic carbocycles. The largest absolute Gasteiger partial charge is 1.00 e. The maximum absolute atomic E-state index is 6.18. The number of rotatable bonds is 7. The maximum Gasteiger partial charge on any atom is 0.296 e.